The topological polar surface area (TPSA) is 76.1 Å². The van der Waals surface area contributed by atoms with Crippen molar-refractivity contribution in [1.82, 2.24) is 9.80 Å². The van der Waals surface area contributed by atoms with Crippen LogP contribution in [0.15, 0.2) is 41.3 Å². The molecule has 3 amide bonds. The zero-order valence-corrected chi connectivity index (χ0v) is 21.4. The Hall–Kier alpha value is -2.68. The monoisotopic (exact) mass is 534 g/mol. The smallest absolute Gasteiger partial charge is 0.293 e. The van der Waals surface area contributed by atoms with Gasteiger partial charge in [-0.2, -0.15) is 0 Å². The van der Waals surface area contributed by atoms with Crippen LogP contribution in [0.25, 0.3) is 6.08 Å². The van der Waals surface area contributed by atoms with Crippen LogP contribution in [0.4, 0.5) is 4.79 Å². The molecule has 0 aliphatic carbocycles. The van der Waals surface area contributed by atoms with E-state index in [2.05, 4.69) is 0 Å². The summed E-state index contributed by atoms with van der Waals surface area (Å²) in [5, 5.41) is 0.379. The van der Waals surface area contributed by atoms with Gasteiger partial charge in [-0.15, -0.1) is 0 Å². The zero-order valence-electron chi connectivity index (χ0n) is 19.1. The van der Waals surface area contributed by atoms with Gasteiger partial charge in [-0.3, -0.25) is 19.3 Å². The molecule has 2 aromatic rings. The average molecular weight is 535 g/mol. The van der Waals surface area contributed by atoms with Gasteiger partial charge >= 0.3 is 0 Å². The van der Waals surface area contributed by atoms with Crippen LogP contribution in [0.1, 0.15) is 30.9 Å². The second-order valence-corrected chi connectivity index (χ2v) is 9.79. The maximum absolute atomic E-state index is 13.0. The molecule has 4 rings (SSSR count). The molecule has 2 saturated heterocycles. The van der Waals surface area contributed by atoms with Crippen molar-refractivity contribution in [2.24, 2.45) is 0 Å². The third kappa shape index (κ3) is 5.94. The van der Waals surface area contributed by atoms with Crippen LogP contribution >= 0.6 is 35.0 Å². The van der Waals surface area contributed by atoms with Crippen LogP contribution in [0.2, 0.25) is 10.0 Å². The fourth-order valence-electron chi connectivity index (χ4n) is 3.83. The van der Waals surface area contributed by atoms with E-state index in [-0.39, 0.29) is 24.0 Å². The fraction of sp³-hybridized carbons (Fsp3) is 0.320. The quantitative estimate of drug-likeness (QED) is 0.408. The van der Waals surface area contributed by atoms with Crippen LogP contribution < -0.4 is 9.47 Å². The molecule has 7 nitrogen and oxygen atoms in total. The largest absolute Gasteiger partial charge is 0.490 e. The van der Waals surface area contributed by atoms with E-state index in [9.17, 15) is 14.4 Å². The van der Waals surface area contributed by atoms with Crippen molar-refractivity contribution in [3.8, 4) is 11.5 Å². The van der Waals surface area contributed by atoms with Gasteiger partial charge in [0, 0.05) is 28.7 Å². The minimum Gasteiger partial charge on any atom is -0.490 e. The molecular weight excluding hydrogens is 511 g/mol. The van der Waals surface area contributed by atoms with E-state index in [0.29, 0.717) is 39.3 Å². The summed E-state index contributed by atoms with van der Waals surface area (Å²) in [6.07, 6.45) is 3.66. The number of benzene rings is 2. The predicted octanol–water partition coefficient (Wildman–Crippen LogP) is 5.63. The van der Waals surface area contributed by atoms with E-state index in [1.54, 1.807) is 47.4 Å². The van der Waals surface area contributed by atoms with Crippen molar-refractivity contribution in [1.29, 1.82) is 0 Å². The maximum atomic E-state index is 13.0. The van der Waals surface area contributed by atoms with E-state index < -0.39 is 11.1 Å². The number of carbonyl (C=O) groups is 3. The summed E-state index contributed by atoms with van der Waals surface area (Å²) in [5.41, 5.74) is 1.18. The number of halogens is 2. The molecule has 2 aromatic carbocycles. The molecule has 2 heterocycles. The molecule has 184 valence electrons. The van der Waals surface area contributed by atoms with Gasteiger partial charge < -0.3 is 14.4 Å². The first-order valence-corrected chi connectivity index (χ1v) is 12.8. The van der Waals surface area contributed by atoms with E-state index in [1.165, 1.54) is 0 Å². The zero-order chi connectivity index (χ0) is 24.9. The van der Waals surface area contributed by atoms with Crippen LogP contribution in [0, 0.1) is 0 Å². The number of amides is 3. The molecule has 0 bridgehead atoms. The summed E-state index contributed by atoms with van der Waals surface area (Å²) in [4.78, 5) is 41.0. The minimum absolute atomic E-state index is 0.0114. The fourth-order valence-corrected chi connectivity index (χ4v) is 5.18. The number of rotatable bonds is 8. The van der Waals surface area contributed by atoms with Gasteiger partial charge in [0.1, 0.15) is 0 Å². The third-order valence-electron chi connectivity index (χ3n) is 5.63. The number of hydrogen-bond acceptors (Lipinski definition) is 6. The Balaban J connectivity index is 1.49. The van der Waals surface area contributed by atoms with Gasteiger partial charge in [0.2, 0.25) is 0 Å². The summed E-state index contributed by atoms with van der Waals surface area (Å²) in [6.45, 7) is 3.69. The Morgan fingerprint density at radius 2 is 1.77 bits per heavy atom. The highest BCUT2D eigenvalue weighted by molar-refractivity contribution is 8.18. The Labute approximate surface area is 217 Å². The summed E-state index contributed by atoms with van der Waals surface area (Å²) >= 11 is 13.3. The molecule has 0 aromatic heterocycles. The van der Waals surface area contributed by atoms with Crippen LogP contribution in [-0.2, 0) is 16.1 Å². The highest BCUT2D eigenvalue weighted by Crippen LogP contribution is 2.37. The van der Waals surface area contributed by atoms with E-state index in [0.717, 1.165) is 42.6 Å². The molecular formula is C25H24Cl2N2O5S. The van der Waals surface area contributed by atoms with Crippen molar-refractivity contribution in [3.05, 3.63) is 62.5 Å². The normalized spacial score (nSPS) is 16.9. The summed E-state index contributed by atoms with van der Waals surface area (Å²) in [6, 6.07) is 10.2. The Kier molecular flexibility index (Phi) is 8.26. The second kappa shape index (κ2) is 11.4. The molecule has 2 aliphatic rings. The summed E-state index contributed by atoms with van der Waals surface area (Å²) < 4.78 is 11.4. The highest BCUT2D eigenvalue weighted by Gasteiger charge is 2.35. The number of likely N-dealkylation sites (tertiary alicyclic amines) is 1. The number of thioether (sulfide) groups is 1. The molecule has 0 radical (unpaired) electrons. The molecule has 2 aliphatic heterocycles. The number of imide groups is 1. The first kappa shape index (κ1) is 25.4. The van der Waals surface area contributed by atoms with Crippen molar-refractivity contribution in [2.75, 3.05) is 26.3 Å². The lowest BCUT2D eigenvalue weighted by Gasteiger charge is -2.17. The van der Waals surface area contributed by atoms with Gasteiger partial charge in [-0.05, 0) is 67.4 Å². The lowest BCUT2D eigenvalue weighted by Crippen LogP contribution is -2.32. The first-order chi connectivity index (χ1) is 16.9. The molecule has 0 spiro atoms. The molecule has 0 atom stereocenters. The molecule has 35 heavy (non-hydrogen) atoms. The van der Waals surface area contributed by atoms with Crippen LogP contribution in [0.3, 0.4) is 0 Å². The maximum Gasteiger partial charge on any atom is 0.293 e. The minimum atomic E-state index is -0.425. The van der Waals surface area contributed by atoms with E-state index in [1.807, 2.05) is 6.92 Å². The van der Waals surface area contributed by atoms with Gasteiger partial charge in [0.05, 0.1) is 18.1 Å². The molecule has 0 N–H and O–H groups in total. The SMILES string of the molecule is CCOc1cc(/C=C2\SC(=O)N(Cc3c(Cl)cccc3Cl)C2=O)ccc1OCC(=O)N1CCCC1. The standard InChI is InChI=1S/C25H24Cl2N2O5S/c1-2-33-21-12-16(8-9-20(21)34-15-23(30)28-10-3-4-11-28)13-22-24(31)29(25(32)35-22)14-17-18(26)6-5-7-19(17)27/h5-9,12-13H,2-4,10-11,14-15H2,1H3/b22-13-. The van der Waals surface area contributed by atoms with Crippen LogP contribution in [0.5, 0.6) is 11.5 Å². The Morgan fingerprint density at radius 1 is 1.06 bits per heavy atom. The van der Waals surface area contributed by atoms with Gasteiger partial charge in [0.15, 0.2) is 18.1 Å². The average Bonchev–Trinajstić information content (AvgIpc) is 3.45. The summed E-state index contributed by atoms with van der Waals surface area (Å²) in [5.74, 6) is 0.419. The van der Waals surface area contributed by atoms with Gasteiger partial charge in [-0.25, -0.2) is 0 Å². The van der Waals surface area contributed by atoms with Crippen molar-refractivity contribution >= 4 is 58.1 Å². The lowest BCUT2D eigenvalue weighted by atomic mass is 10.1. The summed E-state index contributed by atoms with van der Waals surface area (Å²) in [7, 11) is 0. The first-order valence-electron chi connectivity index (χ1n) is 11.2. The predicted molar refractivity (Wildman–Crippen MR) is 137 cm³/mol. The Morgan fingerprint density at radius 3 is 2.46 bits per heavy atom. The number of ether oxygens (including phenoxy) is 2. The van der Waals surface area contributed by atoms with Crippen LogP contribution in [-0.4, -0.2) is 53.2 Å². The number of carbonyl (C=O) groups excluding carboxylic acids is 3. The molecule has 0 unspecified atom stereocenters. The van der Waals surface area contributed by atoms with Gasteiger partial charge in [-0.1, -0.05) is 35.3 Å². The molecule has 2 fully saturated rings. The van der Waals surface area contributed by atoms with Crippen molar-refractivity contribution < 1.29 is 23.9 Å². The third-order valence-corrected chi connectivity index (χ3v) is 7.24. The lowest BCUT2D eigenvalue weighted by molar-refractivity contribution is -0.132. The van der Waals surface area contributed by atoms with E-state index >= 15 is 0 Å². The second-order valence-electron chi connectivity index (χ2n) is 7.98. The Bertz CT molecular complexity index is 1160. The van der Waals surface area contributed by atoms with Crippen molar-refractivity contribution in [2.45, 2.75) is 26.3 Å². The van der Waals surface area contributed by atoms with Crippen molar-refractivity contribution in [3.63, 3.8) is 0 Å². The van der Waals surface area contributed by atoms with Gasteiger partial charge in [0.25, 0.3) is 17.1 Å². The molecule has 10 heteroatoms. The number of hydrogen-bond donors (Lipinski definition) is 0. The van der Waals surface area contributed by atoms with E-state index in [4.69, 9.17) is 32.7 Å². The highest BCUT2D eigenvalue weighted by atomic mass is 35.5. The number of nitrogens with zero attached hydrogens (tertiary/aromatic N) is 2. The molecule has 0 saturated carbocycles.